The summed E-state index contributed by atoms with van der Waals surface area (Å²) in [6.45, 7) is 4.41. The van der Waals surface area contributed by atoms with E-state index in [1.54, 1.807) is 4.52 Å². The zero-order valence-electron chi connectivity index (χ0n) is 12.5. The van der Waals surface area contributed by atoms with Crippen LogP contribution in [0.25, 0.3) is 5.65 Å². The van der Waals surface area contributed by atoms with Crippen molar-refractivity contribution in [1.29, 1.82) is 0 Å². The lowest BCUT2D eigenvalue weighted by atomic mass is 10.2. The van der Waals surface area contributed by atoms with Crippen LogP contribution in [0, 0.1) is 13.8 Å². The number of amides is 1. The van der Waals surface area contributed by atoms with Crippen molar-refractivity contribution < 1.29 is 14.6 Å². The molecule has 2 rings (SSSR count). The molecule has 2 aromatic heterocycles. The Morgan fingerprint density at radius 2 is 2.29 bits per heavy atom. The van der Waals surface area contributed by atoms with Crippen molar-refractivity contribution in [2.75, 3.05) is 20.3 Å². The van der Waals surface area contributed by atoms with E-state index in [0.717, 1.165) is 11.4 Å². The average Bonchev–Trinajstić information content (AvgIpc) is 2.82. The molecule has 1 unspecified atom stereocenters. The largest absolute Gasteiger partial charge is 0.391 e. The summed E-state index contributed by atoms with van der Waals surface area (Å²) in [5.74, 6) is -0.243. The molecule has 0 fully saturated rings. The number of carbonyl (C=O) groups excluding carboxylic acids is 1. The van der Waals surface area contributed by atoms with Crippen LogP contribution in [-0.4, -0.2) is 52.0 Å². The van der Waals surface area contributed by atoms with Crippen LogP contribution in [0.5, 0.6) is 0 Å². The smallest absolute Gasteiger partial charge is 0.256 e. The summed E-state index contributed by atoms with van der Waals surface area (Å²) in [6.07, 6.45) is 1.36. The summed E-state index contributed by atoms with van der Waals surface area (Å²) in [5, 5.41) is 16.5. The molecule has 2 heterocycles. The van der Waals surface area contributed by atoms with Gasteiger partial charge in [-0.15, -0.1) is 0 Å². The summed E-state index contributed by atoms with van der Waals surface area (Å²) in [4.78, 5) is 16.5. The van der Waals surface area contributed by atoms with Gasteiger partial charge in [0.05, 0.1) is 18.9 Å². The van der Waals surface area contributed by atoms with Crippen LogP contribution >= 0.6 is 0 Å². The first-order valence-electron chi connectivity index (χ1n) is 6.80. The van der Waals surface area contributed by atoms with E-state index in [4.69, 9.17) is 4.74 Å². The molecule has 21 heavy (non-hydrogen) atoms. The van der Waals surface area contributed by atoms with Gasteiger partial charge in [0.2, 0.25) is 0 Å². The fourth-order valence-electron chi connectivity index (χ4n) is 2.15. The van der Waals surface area contributed by atoms with E-state index < -0.39 is 6.10 Å². The second-order valence-corrected chi connectivity index (χ2v) is 4.99. The summed E-state index contributed by atoms with van der Waals surface area (Å²) in [5.41, 5.74) is 2.74. The molecule has 1 amide bonds. The predicted octanol–water partition coefficient (Wildman–Crippen LogP) is 0.473. The first kappa shape index (κ1) is 15.4. The number of nitrogens with one attached hydrogen (secondary N) is 1. The van der Waals surface area contributed by atoms with Crippen LogP contribution in [0.2, 0.25) is 0 Å². The van der Waals surface area contributed by atoms with Crippen LogP contribution in [0.1, 0.15) is 28.2 Å². The third-order valence-corrected chi connectivity index (χ3v) is 3.14. The number of methoxy groups -OCH3 is 1. The zero-order chi connectivity index (χ0) is 15.4. The fourth-order valence-corrected chi connectivity index (χ4v) is 2.15. The van der Waals surface area contributed by atoms with Gasteiger partial charge in [-0.1, -0.05) is 0 Å². The van der Waals surface area contributed by atoms with Crippen LogP contribution in [0.3, 0.4) is 0 Å². The second-order valence-electron chi connectivity index (χ2n) is 4.99. The number of hydrogen-bond donors (Lipinski definition) is 2. The lowest BCUT2D eigenvalue weighted by molar-refractivity contribution is 0.0588. The number of hydrogen-bond acceptors (Lipinski definition) is 5. The minimum atomic E-state index is -0.582. The van der Waals surface area contributed by atoms with Crippen molar-refractivity contribution in [3.8, 4) is 0 Å². The molecule has 0 aromatic carbocycles. The number of aromatic nitrogens is 3. The summed E-state index contributed by atoms with van der Waals surface area (Å²) in [6, 6.07) is 1.91. The molecule has 0 aliphatic carbocycles. The molecule has 0 aliphatic rings. The lowest BCUT2D eigenvalue weighted by Crippen LogP contribution is -2.28. The molecule has 0 aliphatic heterocycles. The van der Waals surface area contributed by atoms with E-state index in [0.29, 0.717) is 24.2 Å². The van der Waals surface area contributed by atoms with Gasteiger partial charge in [-0.05, 0) is 26.3 Å². The first-order valence-corrected chi connectivity index (χ1v) is 6.80. The Morgan fingerprint density at radius 1 is 1.52 bits per heavy atom. The quantitative estimate of drug-likeness (QED) is 0.808. The standard InChI is InChI=1S/C14H20N4O3/c1-9-6-10(2)18-13(17-9)12(7-16-18)14(20)15-5-4-11(19)8-21-3/h6-7,11,19H,4-5,8H2,1-3H3,(H,15,20). The minimum Gasteiger partial charge on any atom is -0.391 e. The molecule has 0 saturated carbocycles. The maximum Gasteiger partial charge on any atom is 0.256 e. The highest BCUT2D eigenvalue weighted by molar-refractivity contribution is 5.99. The monoisotopic (exact) mass is 292 g/mol. The van der Waals surface area contributed by atoms with Crippen LogP contribution < -0.4 is 5.32 Å². The number of fused-ring (bicyclic) bond motifs is 1. The van der Waals surface area contributed by atoms with E-state index in [-0.39, 0.29) is 12.5 Å². The van der Waals surface area contributed by atoms with Crippen LogP contribution in [0.15, 0.2) is 12.3 Å². The molecular formula is C14H20N4O3. The van der Waals surface area contributed by atoms with Crippen molar-refractivity contribution >= 4 is 11.6 Å². The number of aryl methyl sites for hydroxylation is 2. The van der Waals surface area contributed by atoms with E-state index in [2.05, 4.69) is 15.4 Å². The molecule has 0 radical (unpaired) electrons. The fraction of sp³-hybridized carbons (Fsp3) is 0.500. The molecule has 114 valence electrons. The van der Waals surface area contributed by atoms with Crippen LogP contribution in [-0.2, 0) is 4.74 Å². The van der Waals surface area contributed by atoms with Gasteiger partial charge in [-0.2, -0.15) is 5.10 Å². The van der Waals surface area contributed by atoms with Crippen LogP contribution in [0.4, 0.5) is 0 Å². The van der Waals surface area contributed by atoms with Gasteiger partial charge in [0.25, 0.3) is 5.91 Å². The molecule has 0 saturated heterocycles. The van der Waals surface area contributed by atoms with Crippen molar-refractivity contribution in [2.24, 2.45) is 0 Å². The highest BCUT2D eigenvalue weighted by atomic mass is 16.5. The van der Waals surface area contributed by atoms with Gasteiger partial charge in [-0.3, -0.25) is 4.79 Å². The number of nitrogens with zero attached hydrogens (tertiary/aromatic N) is 3. The molecule has 0 bridgehead atoms. The lowest BCUT2D eigenvalue weighted by Gasteiger charge is -2.09. The number of ether oxygens (including phenoxy) is 1. The summed E-state index contributed by atoms with van der Waals surface area (Å²) >= 11 is 0. The average molecular weight is 292 g/mol. The van der Waals surface area contributed by atoms with Gasteiger partial charge in [0.1, 0.15) is 5.56 Å². The maximum absolute atomic E-state index is 12.2. The number of aliphatic hydroxyl groups is 1. The number of rotatable bonds is 6. The van der Waals surface area contributed by atoms with Crippen molar-refractivity contribution in [1.82, 2.24) is 19.9 Å². The molecule has 7 nitrogen and oxygen atoms in total. The Kier molecular flexibility index (Phi) is 4.87. The van der Waals surface area contributed by atoms with Crippen molar-refractivity contribution in [3.63, 3.8) is 0 Å². The van der Waals surface area contributed by atoms with E-state index in [1.165, 1.54) is 13.3 Å². The van der Waals surface area contributed by atoms with Gasteiger partial charge >= 0.3 is 0 Å². The summed E-state index contributed by atoms with van der Waals surface area (Å²) < 4.78 is 6.47. The topological polar surface area (TPSA) is 88.8 Å². The molecule has 2 aromatic rings. The van der Waals surface area contributed by atoms with Gasteiger partial charge in [0, 0.05) is 25.0 Å². The predicted molar refractivity (Wildman–Crippen MR) is 77.3 cm³/mol. The van der Waals surface area contributed by atoms with E-state index in [1.807, 2.05) is 19.9 Å². The Labute approximate surface area is 122 Å². The molecule has 0 spiro atoms. The van der Waals surface area contributed by atoms with Gasteiger partial charge in [-0.25, -0.2) is 9.50 Å². The Hall–Kier alpha value is -1.99. The Bertz CT molecular complexity index is 638. The van der Waals surface area contributed by atoms with E-state index in [9.17, 15) is 9.90 Å². The molecule has 2 N–H and O–H groups in total. The highest BCUT2D eigenvalue weighted by Crippen LogP contribution is 2.11. The molecule has 1 atom stereocenters. The summed E-state index contributed by atoms with van der Waals surface area (Å²) in [7, 11) is 1.52. The maximum atomic E-state index is 12.2. The Balaban J connectivity index is 2.06. The normalized spacial score (nSPS) is 12.6. The second kappa shape index (κ2) is 6.64. The Morgan fingerprint density at radius 3 is 3.00 bits per heavy atom. The van der Waals surface area contributed by atoms with E-state index >= 15 is 0 Å². The molecular weight excluding hydrogens is 272 g/mol. The number of aliphatic hydroxyl groups excluding tert-OH is 1. The SMILES string of the molecule is COCC(O)CCNC(=O)c1cnn2c(C)cc(C)nc12. The first-order chi connectivity index (χ1) is 10.0. The number of carbonyl (C=O) groups is 1. The van der Waals surface area contributed by atoms with Gasteiger partial charge < -0.3 is 15.2 Å². The highest BCUT2D eigenvalue weighted by Gasteiger charge is 2.15. The third kappa shape index (κ3) is 3.56. The third-order valence-electron chi connectivity index (χ3n) is 3.14. The van der Waals surface area contributed by atoms with Crippen molar-refractivity contribution in [2.45, 2.75) is 26.4 Å². The zero-order valence-corrected chi connectivity index (χ0v) is 12.5. The van der Waals surface area contributed by atoms with Gasteiger partial charge in [0.15, 0.2) is 5.65 Å². The minimum absolute atomic E-state index is 0.243. The molecule has 7 heteroatoms. The van der Waals surface area contributed by atoms with Crippen molar-refractivity contribution in [3.05, 3.63) is 29.2 Å².